The van der Waals surface area contributed by atoms with E-state index in [2.05, 4.69) is 12.0 Å². The number of ether oxygens (including phenoxy) is 1. The monoisotopic (exact) mass is 293 g/mol. The van der Waals surface area contributed by atoms with Crippen LogP contribution < -0.4 is 0 Å². The van der Waals surface area contributed by atoms with Crippen LogP contribution in [0.25, 0.3) is 16.5 Å². The van der Waals surface area contributed by atoms with Crippen LogP contribution in [0.3, 0.4) is 0 Å². The largest absolute Gasteiger partial charge is 0.463 e. The van der Waals surface area contributed by atoms with Crippen molar-refractivity contribution in [2.75, 3.05) is 6.61 Å². The highest BCUT2D eigenvalue weighted by Gasteiger charge is 2.20. The van der Waals surface area contributed by atoms with Crippen LogP contribution in [0, 0.1) is 11.2 Å². The molecule has 0 fully saturated rings. The number of hydrogen-bond acceptors (Lipinski definition) is 4. The number of hydrogen-bond donors (Lipinski definition) is 0. The number of nitriles is 1. The second-order valence-electron chi connectivity index (χ2n) is 5.41. The summed E-state index contributed by atoms with van der Waals surface area (Å²) in [7, 11) is 0. The van der Waals surface area contributed by atoms with Crippen LogP contribution in [0.1, 0.15) is 29.3 Å². The fourth-order valence-corrected chi connectivity index (χ4v) is 2.81. The Labute approximate surface area is 129 Å². The van der Waals surface area contributed by atoms with Gasteiger partial charge < -0.3 is 9.15 Å². The minimum absolute atomic E-state index is 0.131. The smallest absolute Gasteiger partial charge is 0.342 e. The van der Waals surface area contributed by atoms with Gasteiger partial charge in [-0.15, -0.1) is 0 Å². The lowest BCUT2D eigenvalue weighted by Crippen LogP contribution is -2.12. The lowest BCUT2D eigenvalue weighted by Gasteiger charge is -2.14. The molecule has 1 aromatic carbocycles. The second-order valence-corrected chi connectivity index (χ2v) is 5.41. The number of carbonyl (C=O) groups excluding carboxylic acids is 1. The molecule has 0 atom stereocenters. The maximum atomic E-state index is 11.9. The van der Waals surface area contributed by atoms with Crippen molar-refractivity contribution in [3.05, 3.63) is 41.7 Å². The average molecular weight is 293 g/mol. The van der Waals surface area contributed by atoms with Crippen molar-refractivity contribution in [2.45, 2.75) is 26.0 Å². The number of furan rings is 1. The molecule has 3 rings (SSSR count). The molecule has 0 saturated heterocycles. The maximum absolute atomic E-state index is 11.9. The van der Waals surface area contributed by atoms with E-state index in [-0.39, 0.29) is 12.7 Å². The van der Waals surface area contributed by atoms with E-state index < -0.39 is 0 Å². The molecule has 22 heavy (non-hydrogen) atoms. The lowest BCUT2D eigenvalue weighted by atomic mass is 9.43. The summed E-state index contributed by atoms with van der Waals surface area (Å²) in [4.78, 5) is 11.9. The molecule has 1 aromatic heterocycles. The zero-order chi connectivity index (χ0) is 15.5. The summed E-state index contributed by atoms with van der Waals surface area (Å²) in [5.74, 6) is 1.96. The highest BCUT2D eigenvalue weighted by Crippen LogP contribution is 2.31. The summed E-state index contributed by atoms with van der Waals surface area (Å²) in [6.07, 6.45) is 6.18. The number of rotatable bonds is 3. The van der Waals surface area contributed by atoms with Crippen molar-refractivity contribution < 1.29 is 13.9 Å². The minimum atomic E-state index is -0.359. The van der Waals surface area contributed by atoms with Crippen LogP contribution in [0.2, 0.25) is 12.6 Å². The number of fused-ring (bicyclic) bond motifs is 1. The predicted octanol–water partition coefficient (Wildman–Crippen LogP) is 3.95. The molecule has 0 bridgehead atoms. The quantitative estimate of drug-likeness (QED) is 0.635. The van der Waals surface area contributed by atoms with Gasteiger partial charge in [0.15, 0.2) is 0 Å². The third-order valence-electron chi connectivity index (χ3n) is 4.04. The van der Waals surface area contributed by atoms with Gasteiger partial charge in [-0.3, -0.25) is 0 Å². The summed E-state index contributed by atoms with van der Waals surface area (Å²) in [6.45, 7) is 2.25. The minimum Gasteiger partial charge on any atom is -0.463 e. The van der Waals surface area contributed by atoms with Crippen molar-refractivity contribution in [2.24, 2.45) is 0 Å². The Balaban J connectivity index is 1.91. The molecule has 0 spiro atoms. The molecule has 5 heteroatoms. The first-order chi connectivity index (χ1) is 10.7. The number of esters is 1. The van der Waals surface area contributed by atoms with E-state index >= 15 is 0 Å². The number of carbonyl (C=O) groups is 1. The van der Waals surface area contributed by atoms with Crippen LogP contribution in [0.5, 0.6) is 0 Å². The topological polar surface area (TPSA) is 63.2 Å². The highest BCUT2D eigenvalue weighted by molar-refractivity contribution is 6.67. The van der Waals surface area contributed by atoms with E-state index in [1.54, 1.807) is 6.92 Å². The molecular formula is C17H16BNO3. The highest BCUT2D eigenvalue weighted by atomic mass is 16.5. The summed E-state index contributed by atoms with van der Waals surface area (Å²) in [5, 5.41) is 9.72. The molecule has 0 unspecified atom stereocenters. The summed E-state index contributed by atoms with van der Waals surface area (Å²) in [6, 6.07) is 5.85. The zero-order valence-electron chi connectivity index (χ0n) is 12.5. The van der Waals surface area contributed by atoms with Crippen LogP contribution in [-0.2, 0) is 4.74 Å². The van der Waals surface area contributed by atoms with Gasteiger partial charge in [0.1, 0.15) is 17.4 Å². The average Bonchev–Trinajstić information content (AvgIpc) is 2.98. The molecule has 0 radical (unpaired) electrons. The van der Waals surface area contributed by atoms with E-state index in [1.807, 2.05) is 18.2 Å². The van der Waals surface area contributed by atoms with Crippen molar-refractivity contribution in [1.82, 2.24) is 0 Å². The van der Waals surface area contributed by atoms with Gasteiger partial charge in [0, 0.05) is 11.4 Å². The van der Waals surface area contributed by atoms with Gasteiger partial charge in [-0.1, -0.05) is 18.5 Å². The van der Waals surface area contributed by atoms with E-state index in [0.717, 1.165) is 30.0 Å². The third kappa shape index (κ3) is 2.65. The Bertz CT molecular complexity index is 785. The fourth-order valence-electron chi connectivity index (χ4n) is 2.81. The Kier molecular flexibility index (Phi) is 4.01. The predicted molar refractivity (Wildman–Crippen MR) is 85.7 cm³/mol. The SMILES string of the molecule is CCOC(=O)c1coc2cc(C3=CCB(C#N)CC3)ccc12. The number of benzene rings is 1. The maximum Gasteiger partial charge on any atom is 0.342 e. The van der Waals surface area contributed by atoms with Gasteiger partial charge in [-0.05, 0) is 42.9 Å². The van der Waals surface area contributed by atoms with E-state index in [4.69, 9.17) is 14.4 Å². The first-order valence-electron chi connectivity index (χ1n) is 7.50. The van der Waals surface area contributed by atoms with Crippen molar-refractivity contribution in [3.63, 3.8) is 0 Å². The van der Waals surface area contributed by atoms with Crippen molar-refractivity contribution in [3.8, 4) is 5.97 Å². The lowest BCUT2D eigenvalue weighted by molar-refractivity contribution is 0.0527. The van der Waals surface area contributed by atoms with Crippen LogP contribution >= 0.6 is 0 Å². The number of nitrogens with zero attached hydrogens (tertiary/aromatic N) is 1. The van der Waals surface area contributed by atoms with Gasteiger partial charge in [0.2, 0.25) is 0 Å². The van der Waals surface area contributed by atoms with Gasteiger partial charge in [0.25, 0.3) is 6.71 Å². The van der Waals surface area contributed by atoms with Crippen LogP contribution in [0.4, 0.5) is 0 Å². The molecule has 0 aliphatic carbocycles. The molecule has 2 heterocycles. The summed E-state index contributed by atoms with van der Waals surface area (Å²) >= 11 is 0. The molecule has 110 valence electrons. The Hall–Kier alpha value is -2.48. The Morgan fingerprint density at radius 1 is 1.50 bits per heavy atom. The third-order valence-corrected chi connectivity index (χ3v) is 4.04. The molecule has 0 N–H and O–H groups in total. The molecule has 4 nitrogen and oxygen atoms in total. The fraction of sp³-hybridized carbons (Fsp3) is 0.294. The molecule has 2 aromatic rings. The van der Waals surface area contributed by atoms with Crippen molar-refractivity contribution >= 4 is 29.2 Å². The summed E-state index contributed by atoms with van der Waals surface area (Å²) in [5.41, 5.74) is 3.48. The molecule has 0 saturated carbocycles. The van der Waals surface area contributed by atoms with Crippen molar-refractivity contribution in [1.29, 1.82) is 5.26 Å². The van der Waals surface area contributed by atoms with Gasteiger partial charge in [-0.2, -0.15) is 0 Å². The van der Waals surface area contributed by atoms with E-state index in [9.17, 15) is 4.79 Å². The molecule has 1 aliphatic heterocycles. The Morgan fingerprint density at radius 2 is 2.36 bits per heavy atom. The standard InChI is InChI=1S/C17H16BNO3/c1-2-21-17(20)15-10-22-16-9-13(3-4-14(15)16)12-5-7-18(11-19)8-6-12/h3-5,9-10H,2,6-8H2,1H3. The zero-order valence-corrected chi connectivity index (χ0v) is 12.5. The van der Waals surface area contributed by atoms with Gasteiger partial charge >= 0.3 is 5.97 Å². The second kappa shape index (κ2) is 6.11. The number of allylic oxidation sites excluding steroid dienone is 2. The normalized spacial score (nSPS) is 14.5. The van der Waals surface area contributed by atoms with E-state index in [1.165, 1.54) is 11.8 Å². The van der Waals surface area contributed by atoms with E-state index in [0.29, 0.717) is 17.8 Å². The Morgan fingerprint density at radius 3 is 3.05 bits per heavy atom. The molecule has 1 aliphatic rings. The van der Waals surface area contributed by atoms with Gasteiger partial charge in [-0.25, -0.2) is 10.1 Å². The first-order valence-corrected chi connectivity index (χ1v) is 7.50. The van der Waals surface area contributed by atoms with Crippen LogP contribution in [-0.4, -0.2) is 19.3 Å². The van der Waals surface area contributed by atoms with Gasteiger partial charge in [0.05, 0.1) is 6.61 Å². The summed E-state index contributed by atoms with van der Waals surface area (Å²) < 4.78 is 10.5. The molecule has 0 amide bonds. The molecular weight excluding hydrogens is 277 g/mol. The van der Waals surface area contributed by atoms with Crippen LogP contribution in [0.15, 0.2) is 35.0 Å². The first kappa shape index (κ1) is 14.5.